The molecule has 1 amide bonds. The number of aliphatic imine (C=N–C) groups is 1. The van der Waals surface area contributed by atoms with Crippen LogP contribution in [0, 0.1) is 0 Å². The first-order valence-corrected chi connectivity index (χ1v) is 10.6. The van der Waals surface area contributed by atoms with Crippen molar-refractivity contribution in [2.75, 3.05) is 31.1 Å². The number of piperazine rings is 1. The monoisotopic (exact) mass is 399 g/mol. The Bertz CT molecular complexity index is 1010. The summed E-state index contributed by atoms with van der Waals surface area (Å²) in [5.74, 6) is 1.01. The molecule has 1 N–H and O–H groups in total. The summed E-state index contributed by atoms with van der Waals surface area (Å²) in [7, 11) is -3.61. The third-order valence-corrected chi connectivity index (χ3v) is 6.30. The molecule has 28 heavy (non-hydrogen) atoms. The molecule has 1 fully saturated rings. The Labute approximate surface area is 164 Å². The predicted molar refractivity (Wildman–Crippen MR) is 106 cm³/mol. The highest BCUT2D eigenvalue weighted by Gasteiger charge is 2.32. The van der Waals surface area contributed by atoms with E-state index < -0.39 is 16.1 Å². The minimum Gasteiger partial charge on any atom is -0.353 e. The van der Waals surface area contributed by atoms with Crippen molar-refractivity contribution in [1.29, 1.82) is 0 Å². The first-order valence-electron chi connectivity index (χ1n) is 9.10. The summed E-state index contributed by atoms with van der Waals surface area (Å²) in [5.41, 5.74) is 0.502. The Kier molecular flexibility index (Phi) is 4.76. The van der Waals surface area contributed by atoms with Crippen molar-refractivity contribution in [2.24, 2.45) is 4.99 Å². The standard InChI is InChI=1S/C19H21N5O3S/c1-14(21-18-15-6-2-3-7-16(15)28(26,27)22-18)19(25)24-12-10-23(11-13-24)17-8-4-5-9-20-17/h2-9,14H,10-13H2,1H3,(H,21,22)/t14-/m1/s1. The highest BCUT2D eigenvalue weighted by Crippen LogP contribution is 2.23. The molecular formula is C19H21N5O3S. The van der Waals surface area contributed by atoms with E-state index in [2.05, 4.69) is 19.6 Å². The topological polar surface area (TPSA) is 95.0 Å². The molecular weight excluding hydrogens is 378 g/mol. The van der Waals surface area contributed by atoms with E-state index in [9.17, 15) is 13.2 Å². The molecule has 3 heterocycles. The van der Waals surface area contributed by atoms with Crippen LogP contribution < -0.4 is 9.62 Å². The number of nitrogens with one attached hydrogen (secondary N) is 1. The number of hydrogen-bond acceptors (Lipinski definition) is 6. The van der Waals surface area contributed by atoms with Crippen molar-refractivity contribution in [3.8, 4) is 0 Å². The lowest BCUT2D eigenvalue weighted by molar-refractivity contribution is -0.132. The summed E-state index contributed by atoms with van der Waals surface area (Å²) in [6.45, 7) is 4.23. The number of carbonyl (C=O) groups excluding carboxylic acids is 1. The van der Waals surface area contributed by atoms with E-state index in [-0.39, 0.29) is 16.6 Å². The highest BCUT2D eigenvalue weighted by molar-refractivity contribution is 7.90. The van der Waals surface area contributed by atoms with Crippen LogP contribution in [0.3, 0.4) is 0 Å². The van der Waals surface area contributed by atoms with Gasteiger partial charge in [-0.05, 0) is 31.2 Å². The zero-order chi connectivity index (χ0) is 19.7. The number of amidine groups is 1. The largest absolute Gasteiger partial charge is 0.353 e. The van der Waals surface area contributed by atoms with Gasteiger partial charge in [-0.3, -0.25) is 14.5 Å². The third kappa shape index (κ3) is 3.45. The lowest BCUT2D eigenvalue weighted by Gasteiger charge is -2.36. The Morgan fingerprint density at radius 2 is 1.82 bits per heavy atom. The Hall–Kier alpha value is -2.94. The molecule has 0 spiro atoms. The maximum atomic E-state index is 12.8. The molecule has 146 valence electrons. The van der Waals surface area contributed by atoms with Crippen LogP contribution >= 0.6 is 0 Å². The van der Waals surface area contributed by atoms with E-state index in [1.807, 2.05) is 18.2 Å². The first kappa shape index (κ1) is 18.4. The van der Waals surface area contributed by atoms with Crippen molar-refractivity contribution >= 4 is 27.6 Å². The Balaban J connectivity index is 1.44. The fourth-order valence-corrected chi connectivity index (χ4v) is 4.68. The molecule has 9 heteroatoms. The van der Waals surface area contributed by atoms with E-state index in [1.54, 1.807) is 36.2 Å². The highest BCUT2D eigenvalue weighted by atomic mass is 32.2. The fourth-order valence-electron chi connectivity index (χ4n) is 3.44. The average molecular weight is 399 g/mol. The molecule has 0 saturated carbocycles. The van der Waals surface area contributed by atoms with Gasteiger partial charge in [0.2, 0.25) is 5.91 Å². The molecule has 1 saturated heterocycles. The molecule has 0 bridgehead atoms. The molecule has 2 aromatic rings. The summed E-state index contributed by atoms with van der Waals surface area (Å²) in [5, 5.41) is 0. The normalized spacial score (nSPS) is 20.5. The minimum atomic E-state index is -3.61. The number of nitrogens with zero attached hydrogens (tertiary/aromatic N) is 4. The fraction of sp³-hybridized carbons (Fsp3) is 0.316. The zero-order valence-electron chi connectivity index (χ0n) is 15.4. The Morgan fingerprint density at radius 3 is 2.54 bits per heavy atom. The first-order chi connectivity index (χ1) is 13.5. The number of anilines is 1. The summed E-state index contributed by atoms with van der Waals surface area (Å²) in [4.78, 5) is 25.6. The summed E-state index contributed by atoms with van der Waals surface area (Å²) < 4.78 is 26.8. The number of carbonyl (C=O) groups is 1. The molecule has 2 aliphatic rings. The molecule has 1 atom stereocenters. The number of benzene rings is 1. The van der Waals surface area contributed by atoms with E-state index >= 15 is 0 Å². The molecule has 2 aliphatic heterocycles. The number of amides is 1. The number of sulfonamides is 1. The van der Waals surface area contributed by atoms with Crippen LogP contribution in [0.2, 0.25) is 0 Å². The molecule has 8 nitrogen and oxygen atoms in total. The van der Waals surface area contributed by atoms with Crippen molar-refractivity contribution in [3.63, 3.8) is 0 Å². The third-order valence-electron chi connectivity index (χ3n) is 4.91. The predicted octanol–water partition coefficient (Wildman–Crippen LogP) is 0.857. The van der Waals surface area contributed by atoms with Gasteiger partial charge in [-0.25, -0.2) is 13.4 Å². The van der Waals surface area contributed by atoms with Gasteiger partial charge in [-0.2, -0.15) is 0 Å². The molecule has 4 rings (SSSR count). The van der Waals surface area contributed by atoms with Gasteiger partial charge in [0, 0.05) is 37.9 Å². The SMILES string of the molecule is C[C@@H](N=C1NS(=O)(=O)c2ccccc21)C(=O)N1CCN(c2ccccn2)CC1. The summed E-state index contributed by atoms with van der Waals surface area (Å²) >= 11 is 0. The van der Waals surface area contributed by atoms with Gasteiger partial charge < -0.3 is 9.80 Å². The van der Waals surface area contributed by atoms with Crippen LogP contribution in [-0.2, 0) is 14.8 Å². The summed E-state index contributed by atoms with van der Waals surface area (Å²) in [6.07, 6.45) is 1.76. The van der Waals surface area contributed by atoms with Gasteiger partial charge in [0.15, 0.2) is 0 Å². The smallest absolute Gasteiger partial charge is 0.263 e. The van der Waals surface area contributed by atoms with Gasteiger partial charge in [0.1, 0.15) is 17.7 Å². The molecule has 1 aromatic carbocycles. The van der Waals surface area contributed by atoms with Crippen LogP contribution in [0.15, 0.2) is 58.5 Å². The van der Waals surface area contributed by atoms with Crippen LogP contribution in [-0.4, -0.2) is 62.3 Å². The maximum Gasteiger partial charge on any atom is 0.263 e. The average Bonchev–Trinajstić information content (AvgIpc) is 2.98. The molecule has 0 unspecified atom stereocenters. The number of hydrogen-bond donors (Lipinski definition) is 1. The van der Waals surface area contributed by atoms with Crippen LogP contribution in [0.4, 0.5) is 5.82 Å². The van der Waals surface area contributed by atoms with Crippen LogP contribution in [0.5, 0.6) is 0 Å². The van der Waals surface area contributed by atoms with Gasteiger partial charge in [-0.1, -0.05) is 18.2 Å². The van der Waals surface area contributed by atoms with E-state index in [0.717, 1.165) is 5.82 Å². The van der Waals surface area contributed by atoms with Gasteiger partial charge in [-0.15, -0.1) is 0 Å². The van der Waals surface area contributed by atoms with E-state index in [0.29, 0.717) is 31.7 Å². The van der Waals surface area contributed by atoms with E-state index in [1.165, 1.54) is 6.07 Å². The van der Waals surface area contributed by atoms with Gasteiger partial charge >= 0.3 is 0 Å². The van der Waals surface area contributed by atoms with Crippen molar-refractivity contribution in [1.82, 2.24) is 14.6 Å². The lowest BCUT2D eigenvalue weighted by atomic mass is 10.2. The van der Waals surface area contributed by atoms with E-state index in [4.69, 9.17) is 0 Å². The second kappa shape index (κ2) is 7.23. The minimum absolute atomic E-state index is 0.114. The molecule has 0 aliphatic carbocycles. The number of aromatic nitrogens is 1. The quantitative estimate of drug-likeness (QED) is 0.826. The maximum absolute atomic E-state index is 12.8. The molecule has 1 aromatic heterocycles. The second-order valence-corrected chi connectivity index (χ2v) is 8.41. The van der Waals surface area contributed by atoms with Crippen molar-refractivity contribution in [2.45, 2.75) is 17.9 Å². The van der Waals surface area contributed by atoms with Crippen molar-refractivity contribution in [3.05, 3.63) is 54.2 Å². The lowest BCUT2D eigenvalue weighted by Crippen LogP contribution is -2.51. The number of pyridine rings is 1. The number of rotatable bonds is 3. The molecule has 0 radical (unpaired) electrons. The Morgan fingerprint density at radius 1 is 1.11 bits per heavy atom. The van der Waals surface area contributed by atoms with Crippen LogP contribution in [0.25, 0.3) is 0 Å². The zero-order valence-corrected chi connectivity index (χ0v) is 16.3. The second-order valence-electron chi connectivity index (χ2n) is 6.76. The van der Waals surface area contributed by atoms with Crippen molar-refractivity contribution < 1.29 is 13.2 Å². The number of fused-ring (bicyclic) bond motifs is 1. The van der Waals surface area contributed by atoms with Gasteiger partial charge in [0.05, 0.1) is 4.90 Å². The summed E-state index contributed by atoms with van der Waals surface area (Å²) in [6, 6.07) is 11.7. The van der Waals surface area contributed by atoms with Crippen LogP contribution in [0.1, 0.15) is 12.5 Å². The van der Waals surface area contributed by atoms with Gasteiger partial charge in [0.25, 0.3) is 10.0 Å².